The van der Waals surface area contributed by atoms with Gasteiger partial charge in [-0.2, -0.15) is 0 Å². The third-order valence-corrected chi connectivity index (χ3v) is 6.01. The molecule has 222 valence electrons. The molecule has 2 N–H and O–H groups in total. The van der Waals surface area contributed by atoms with Gasteiger partial charge in [-0.25, -0.2) is 9.86 Å². The Hall–Kier alpha value is -4.84. The molecule has 0 unspecified atom stereocenters. The van der Waals surface area contributed by atoms with Gasteiger partial charge in [-0.1, -0.05) is 18.2 Å². The molecule has 0 aliphatic carbocycles. The molecule has 0 fully saturated rings. The normalized spacial score (nSPS) is 11.0. The molecule has 3 aromatic rings. The number of aldehydes is 1. The third kappa shape index (κ3) is 8.58. The highest BCUT2D eigenvalue weighted by molar-refractivity contribution is 6.07. The summed E-state index contributed by atoms with van der Waals surface area (Å²) in [6.07, 6.45) is 1.69. The fraction of sp³-hybridized carbons (Fsp3) is 0.333. The van der Waals surface area contributed by atoms with E-state index < -0.39 is 30.1 Å². The number of carboxylic acids is 1. The average molecular weight is 579 g/mol. The smallest absolute Gasteiger partial charge is 0.410 e. The number of benzene rings is 2. The number of ether oxygens (including phenoxy) is 1. The zero-order valence-electron chi connectivity index (χ0n) is 24.0. The summed E-state index contributed by atoms with van der Waals surface area (Å²) in [6.45, 7) is 4.67. The van der Waals surface area contributed by atoms with Crippen LogP contribution in [0.4, 0.5) is 4.79 Å². The average Bonchev–Trinajstić information content (AvgIpc) is 2.95. The summed E-state index contributed by atoms with van der Waals surface area (Å²) in [6, 6.07) is 13.9. The van der Waals surface area contributed by atoms with Crippen LogP contribution in [0.15, 0.2) is 54.7 Å². The number of hydroxylamine groups is 2. The fourth-order valence-electron chi connectivity index (χ4n) is 4.07. The number of pyridine rings is 1. The number of carbonyl (C=O) groups excluding carboxylic acids is 4. The Labute approximate surface area is 243 Å². The van der Waals surface area contributed by atoms with Crippen molar-refractivity contribution in [2.45, 2.75) is 32.8 Å². The number of aliphatic carboxylic acids is 1. The van der Waals surface area contributed by atoms with Crippen molar-refractivity contribution >= 4 is 41.1 Å². The van der Waals surface area contributed by atoms with E-state index in [0.29, 0.717) is 34.7 Å². The number of aromatic nitrogens is 1. The molecule has 42 heavy (non-hydrogen) atoms. The van der Waals surface area contributed by atoms with Crippen LogP contribution in [-0.4, -0.2) is 89.1 Å². The zero-order chi connectivity index (χ0) is 30.9. The second-order valence-electron chi connectivity index (χ2n) is 10.3. The largest absolute Gasteiger partial charge is 0.480 e. The Bertz CT molecular complexity index is 1450. The third-order valence-electron chi connectivity index (χ3n) is 6.01. The van der Waals surface area contributed by atoms with Gasteiger partial charge in [-0.05, 0) is 68.7 Å². The lowest BCUT2D eigenvalue weighted by molar-refractivity contribution is -0.138. The maximum absolute atomic E-state index is 12.9. The number of amides is 3. The second-order valence-corrected chi connectivity index (χ2v) is 10.3. The first-order valence-corrected chi connectivity index (χ1v) is 13.2. The van der Waals surface area contributed by atoms with Crippen molar-refractivity contribution in [1.82, 2.24) is 20.3 Å². The van der Waals surface area contributed by atoms with Crippen LogP contribution in [0.1, 0.15) is 47.9 Å². The number of hydrogen-bond donors (Lipinski definition) is 2. The van der Waals surface area contributed by atoms with E-state index in [9.17, 15) is 24.0 Å². The predicted octanol–water partition coefficient (Wildman–Crippen LogP) is 3.55. The minimum absolute atomic E-state index is 0.0963. The van der Waals surface area contributed by atoms with E-state index >= 15 is 0 Å². The lowest BCUT2D eigenvalue weighted by Gasteiger charge is -2.26. The van der Waals surface area contributed by atoms with Crippen LogP contribution in [-0.2, 0) is 19.2 Å². The molecule has 3 rings (SSSR count). The van der Waals surface area contributed by atoms with Gasteiger partial charge in [-0.15, -0.1) is 0 Å². The highest BCUT2D eigenvalue weighted by Gasteiger charge is 2.24. The zero-order valence-corrected chi connectivity index (χ0v) is 24.0. The molecular formula is C30H34N4O8. The monoisotopic (exact) mass is 578 g/mol. The number of nitrogens with zero attached hydrogens (tertiary/aromatic N) is 3. The minimum Gasteiger partial charge on any atom is -0.480 e. The first kappa shape index (κ1) is 31.7. The van der Waals surface area contributed by atoms with Crippen LogP contribution in [0.25, 0.3) is 22.0 Å². The number of carbonyl (C=O) groups is 5. The standard InChI is InChI=1S/C30H34N4O8/c1-30(2,3)42-29(40)33(19-26(36)37)15-5-13-32-27(38)21-8-6-20(7-9-21)22-10-11-25-24(18-22)23(12-14-31-25)28(39)34(41-4)16-17-35/h6-12,14,17-18H,5,13,15-16,19H2,1-4H3,(H,32,38)(H,36,37). The molecular weight excluding hydrogens is 544 g/mol. The summed E-state index contributed by atoms with van der Waals surface area (Å²) in [5.74, 6) is -1.96. The van der Waals surface area contributed by atoms with Crippen LogP contribution in [0.3, 0.4) is 0 Å². The van der Waals surface area contributed by atoms with Gasteiger partial charge in [0.25, 0.3) is 11.8 Å². The fourth-order valence-corrected chi connectivity index (χ4v) is 4.07. The Kier molecular flexibility index (Phi) is 10.7. The number of rotatable bonds is 12. The van der Waals surface area contributed by atoms with Crippen LogP contribution in [0, 0.1) is 0 Å². The van der Waals surface area contributed by atoms with Gasteiger partial charge in [-0.3, -0.25) is 29.1 Å². The van der Waals surface area contributed by atoms with Crippen molar-refractivity contribution in [2.75, 3.05) is 33.3 Å². The first-order chi connectivity index (χ1) is 19.9. The van der Waals surface area contributed by atoms with E-state index in [-0.39, 0.29) is 25.5 Å². The molecule has 0 spiro atoms. The number of hydrogen-bond acceptors (Lipinski definition) is 8. The lowest BCUT2D eigenvalue weighted by atomic mass is 9.99. The van der Waals surface area contributed by atoms with Gasteiger partial charge in [0.2, 0.25) is 0 Å². The van der Waals surface area contributed by atoms with Gasteiger partial charge in [0.05, 0.1) is 18.2 Å². The molecule has 12 nitrogen and oxygen atoms in total. The molecule has 0 atom stereocenters. The lowest BCUT2D eigenvalue weighted by Crippen LogP contribution is -2.41. The Morgan fingerprint density at radius 3 is 2.33 bits per heavy atom. The quantitative estimate of drug-likeness (QED) is 0.186. The molecule has 0 bridgehead atoms. The molecule has 0 aliphatic heterocycles. The van der Waals surface area contributed by atoms with Crippen LogP contribution >= 0.6 is 0 Å². The first-order valence-electron chi connectivity index (χ1n) is 13.2. The van der Waals surface area contributed by atoms with E-state index in [1.807, 2.05) is 12.1 Å². The molecule has 12 heteroatoms. The van der Waals surface area contributed by atoms with E-state index in [0.717, 1.165) is 21.1 Å². The number of nitrogens with one attached hydrogen (secondary N) is 1. The van der Waals surface area contributed by atoms with Crippen molar-refractivity contribution in [3.8, 4) is 11.1 Å². The summed E-state index contributed by atoms with van der Waals surface area (Å²) in [4.78, 5) is 70.5. The van der Waals surface area contributed by atoms with Gasteiger partial charge < -0.3 is 20.0 Å². The topological polar surface area (TPSA) is 155 Å². The van der Waals surface area contributed by atoms with Gasteiger partial charge in [0.15, 0.2) is 0 Å². The van der Waals surface area contributed by atoms with Gasteiger partial charge in [0.1, 0.15) is 25.0 Å². The van der Waals surface area contributed by atoms with Crippen molar-refractivity contribution < 1.29 is 38.7 Å². The molecule has 0 saturated carbocycles. The van der Waals surface area contributed by atoms with Gasteiger partial charge in [0, 0.05) is 30.2 Å². The van der Waals surface area contributed by atoms with Crippen molar-refractivity contribution in [3.63, 3.8) is 0 Å². The van der Waals surface area contributed by atoms with Crippen LogP contribution < -0.4 is 5.32 Å². The number of carboxylic acid groups (broad SMARTS) is 1. The number of fused-ring (bicyclic) bond motifs is 1. The molecule has 1 heterocycles. The SMILES string of the molecule is CON(CC=O)C(=O)c1ccnc2ccc(-c3ccc(C(=O)NCCCN(CC(=O)O)C(=O)OC(C)(C)C)cc3)cc12. The Morgan fingerprint density at radius 1 is 1.02 bits per heavy atom. The highest BCUT2D eigenvalue weighted by Crippen LogP contribution is 2.27. The second kappa shape index (κ2) is 14.2. The molecule has 2 aromatic carbocycles. The van der Waals surface area contributed by atoms with Crippen LogP contribution in [0.2, 0.25) is 0 Å². The molecule has 0 radical (unpaired) electrons. The van der Waals surface area contributed by atoms with Gasteiger partial charge >= 0.3 is 12.1 Å². The summed E-state index contributed by atoms with van der Waals surface area (Å²) in [7, 11) is 1.31. The van der Waals surface area contributed by atoms with Crippen LogP contribution in [0.5, 0.6) is 0 Å². The summed E-state index contributed by atoms with van der Waals surface area (Å²) < 4.78 is 5.26. The van der Waals surface area contributed by atoms with E-state index in [2.05, 4.69) is 10.3 Å². The molecule has 1 aromatic heterocycles. The van der Waals surface area contributed by atoms with Crippen molar-refractivity contribution in [2.24, 2.45) is 0 Å². The Balaban J connectivity index is 1.66. The van der Waals surface area contributed by atoms with E-state index in [4.69, 9.17) is 14.7 Å². The molecule has 0 saturated heterocycles. The Morgan fingerprint density at radius 2 is 1.71 bits per heavy atom. The van der Waals surface area contributed by atoms with E-state index in [1.54, 1.807) is 57.2 Å². The van der Waals surface area contributed by atoms with Crippen molar-refractivity contribution in [1.29, 1.82) is 0 Å². The predicted molar refractivity (Wildman–Crippen MR) is 154 cm³/mol. The summed E-state index contributed by atoms with van der Waals surface area (Å²) in [5, 5.41) is 13.4. The molecule has 0 aliphatic rings. The minimum atomic E-state index is -1.16. The van der Waals surface area contributed by atoms with E-state index in [1.165, 1.54) is 13.3 Å². The highest BCUT2D eigenvalue weighted by atomic mass is 16.7. The maximum atomic E-state index is 12.9. The maximum Gasteiger partial charge on any atom is 0.410 e. The summed E-state index contributed by atoms with van der Waals surface area (Å²) in [5.41, 5.74) is 2.16. The molecule has 3 amide bonds. The van der Waals surface area contributed by atoms with Crippen molar-refractivity contribution in [3.05, 3.63) is 65.9 Å². The summed E-state index contributed by atoms with van der Waals surface area (Å²) >= 11 is 0.